The van der Waals surface area contributed by atoms with E-state index in [1.54, 1.807) is 6.26 Å². The number of halogens is 1. The van der Waals surface area contributed by atoms with Crippen molar-refractivity contribution in [3.8, 4) is 0 Å². The molecular formula is C10H10ClN3OS. The topological polar surface area (TPSA) is 51.8 Å². The van der Waals surface area contributed by atoms with Crippen LogP contribution in [0.3, 0.4) is 0 Å². The second kappa shape index (κ2) is 4.43. The molecule has 2 aromatic heterocycles. The van der Waals surface area contributed by atoms with Crippen LogP contribution in [0.15, 0.2) is 20.9 Å². The molecule has 0 amide bonds. The molecule has 6 heteroatoms. The average molecular weight is 256 g/mol. The molecule has 0 radical (unpaired) electrons. The van der Waals surface area contributed by atoms with Crippen LogP contribution in [0.2, 0.25) is 5.15 Å². The first-order valence-electron chi connectivity index (χ1n) is 4.67. The predicted molar refractivity (Wildman–Crippen MR) is 61.9 cm³/mol. The maximum absolute atomic E-state index is 5.99. The summed E-state index contributed by atoms with van der Waals surface area (Å²) < 4.78 is 5.22. The maximum atomic E-state index is 5.99. The minimum Gasteiger partial charge on any atom is -0.439 e. The van der Waals surface area contributed by atoms with Crippen LogP contribution in [0.4, 0.5) is 0 Å². The molecule has 0 N–H and O–H groups in total. The van der Waals surface area contributed by atoms with Gasteiger partial charge < -0.3 is 4.42 Å². The monoisotopic (exact) mass is 255 g/mol. The lowest BCUT2D eigenvalue weighted by Crippen LogP contribution is -1.95. The number of hydrogen-bond donors (Lipinski definition) is 0. The summed E-state index contributed by atoms with van der Waals surface area (Å²) in [6, 6.07) is 0. The summed E-state index contributed by atoms with van der Waals surface area (Å²) in [5.74, 6) is 0. The van der Waals surface area contributed by atoms with Gasteiger partial charge in [0.25, 0.3) is 5.22 Å². The molecule has 2 heterocycles. The Morgan fingerprint density at radius 3 is 2.44 bits per heavy atom. The van der Waals surface area contributed by atoms with Gasteiger partial charge >= 0.3 is 0 Å². The normalized spacial score (nSPS) is 10.8. The fourth-order valence-corrected chi connectivity index (χ4v) is 2.13. The summed E-state index contributed by atoms with van der Waals surface area (Å²) in [4.78, 5) is 12.7. The molecule has 16 heavy (non-hydrogen) atoms. The molecule has 0 bridgehead atoms. The Hall–Kier alpha value is -1.07. The van der Waals surface area contributed by atoms with Gasteiger partial charge in [-0.15, -0.1) is 0 Å². The van der Waals surface area contributed by atoms with E-state index in [-0.39, 0.29) is 0 Å². The second-order valence-corrected chi connectivity index (χ2v) is 4.65. The van der Waals surface area contributed by atoms with Crippen molar-refractivity contribution in [3.63, 3.8) is 0 Å². The van der Waals surface area contributed by atoms with Crippen LogP contribution in [-0.2, 0) is 0 Å². The lowest BCUT2D eigenvalue weighted by molar-refractivity contribution is 0.453. The Labute approximate surface area is 102 Å². The van der Waals surface area contributed by atoms with Crippen LogP contribution < -0.4 is 0 Å². The van der Waals surface area contributed by atoms with Crippen molar-refractivity contribution >= 4 is 23.4 Å². The van der Waals surface area contributed by atoms with Crippen LogP contribution in [0, 0.1) is 20.8 Å². The molecule has 2 aromatic rings. The van der Waals surface area contributed by atoms with E-state index in [2.05, 4.69) is 15.0 Å². The molecule has 4 nitrogen and oxygen atoms in total. The van der Waals surface area contributed by atoms with Gasteiger partial charge in [-0.3, -0.25) is 0 Å². The highest BCUT2D eigenvalue weighted by Gasteiger charge is 2.11. The Morgan fingerprint density at radius 2 is 1.81 bits per heavy atom. The van der Waals surface area contributed by atoms with Crippen molar-refractivity contribution in [2.24, 2.45) is 0 Å². The highest BCUT2D eigenvalue weighted by molar-refractivity contribution is 7.99. The molecule has 0 saturated carbocycles. The number of aromatic nitrogens is 3. The maximum Gasteiger partial charge on any atom is 0.262 e. The van der Waals surface area contributed by atoms with Crippen LogP contribution in [-0.4, -0.2) is 15.0 Å². The number of rotatable bonds is 2. The van der Waals surface area contributed by atoms with Gasteiger partial charge in [0.15, 0.2) is 5.15 Å². The van der Waals surface area contributed by atoms with Crippen molar-refractivity contribution in [2.75, 3.05) is 0 Å². The van der Waals surface area contributed by atoms with E-state index in [0.717, 1.165) is 17.1 Å². The molecule has 0 aliphatic rings. The fourth-order valence-electron chi connectivity index (χ4n) is 1.08. The van der Waals surface area contributed by atoms with Crippen molar-refractivity contribution < 1.29 is 4.42 Å². The van der Waals surface area contributed by atoms with Crippen LogP contribution in [0.1, 0.15) is 17.1 Å². The zero-order valence-corrected chi connectivity index (χ0v) is 10.7. The predicted octanol–water partition coefficient (Wildman–Crippen LogP) is 3.19. The molecule has 0 atom stereocenters. The first-order chi connectivity index (χ1) is 7.56. The van der Waals surface area contributed by atoms with E-state index < -0.39 is 0 Å². The van der Waals surface area contributed by atoms with Gasteiger partial charge in [-0.2, -0.15) is 0 Å². The Morgan fingerprint density at radius 1 is 1.12 bits per heavy atom. The lowest BCUT2D eigenvalue weighted by atomic mass is 10.4. The zero-order valence-electron chi connectivity index (χ0n) is 9.11. The van der Waals surface area contributed by atoms with Crippen molar-refractivity contribution in [1.82, 2.24) is 15.0 Å². The third kappa shape index (κ3) is 2.36. The molecule has 0 unspecified atom stereocenters. The van der Waals surface area contributed by atoms with Gasteiger partial charge in [0.05, 0.1) is 17.1 Å². The van der Waals surface area contributed by atoms with E-state index in [4.69, 9.17) is 16.0 Å². The smallest absolute Gasteiger partial charge is 0.262 e. The molecule has 0 fully saturated rings. The Kier molecular flexibility index (Phi) is 3.16. The summed E-state index contributed by atoms with van der Waals surface area (Å²) in [6.45, 7) is 5.63. The fraction of sp³-hybridized carbons (Fsp3) is 0.300. The standard InChI is InChI=1S/C10H10ClN3OS/c1-5-4-15-10(12-5)16-9-8(11)13-6(2)7(3)14-9/h4H,1-3H3. The third-order valence-corrected chi connectivity index (χ3v) is 3.23. The summed E-state index contributed by atoms with van der Waals surface area (Å²) in [7, 11) is 0. The summed E-state index contributed by atoms with van der Waals surface area (Å²) in [6.07, 6.45) is 1.59. The molecule has 0 spiro atoms. The van der Waals surface area contributed by atoms with E-state index >= 15 is 0 Å². The lowest BCUT2D eigenvalue weighted by Gasteiger charge is -2.03. The van der Waals surface area contributed by atoms with E-state index in [9.17, 15) is 0 Å². The molecule has 0 aliphatic carbocycles. The first kappa shape index (κ1) is 11.4. The molecule has 0 aliphatic heterocycles. The molecule has 0 aromatic carbocycles. The number of hydrogen-bond acceptors (Lipinski definition) is 5. The van der Waals surface area contributed by atoms with Crippen LogP contribution >= 0.6 is 23.4 Å². The Bertz CT molecular complexity index is 527. The van der Waals surface area contributed by atoms with Gasteiger partial charge in [-0.25, -0.2) is 15.0 Å². The molecule has 2 rings (SSSR count). The highest BCUT2D eigenvalue weighted by Crippen LogP contribution is 2.30. The second-order valence-electron chi connectivity index (χ2n) is 3.35. The summed E-state index contributed by atoms with van der Waals surface area (Å²) >= 11 is 7.27. The first-order valence-corrected chi connectivity index (χ1v) is 5.86. The van der Waals surface area contributed by atoms with Gasteiger partial charge in [0, 0.05) is 0 Å². The largest absolute Gasteiger partial charge is 0.439 e. The van der Waals surface area contributed by atoms with E-state index in [1.807, 2.05) is 20.8 Å². The van der Waals surface area contributed by atoms with Crippen molar-refractivity contribution in [1.29, 1.82) is 0 Å². The van der Waals surface area contributed by atoms with Crippen molar-refractivity contribution in [3.05, 3.63) is 28.5 Å². The Balaban J connectivity index is 2.31. The van der Waals surface area contributed by atoms with Gasteiger partial charge in [0.1, 0.15) is 11.3 Å². The average Bonchev–Trinajstić information content (AvgIpc) is 2.60. The van der Waals surface area contributed by atoms with Crippen molar-refractivity contribution in [2.45, 2.75) is 31.0 Å². The minimum atomic E-state index is 0.379. The van der Waals surface area contributed by atoms with Gasteiger partial charge in [0.2, 0.25) is 0 Å². The molecule has 84 valence electrons. The third-order valence-electron chi connectivity index (χ3n) is 2.02. The zero-order chi connectivity index (χ0) is 11.7. The van der Waals surface area contributed by atoms with Gasteiger partial charge in [-0.1, -0.05) is 11.6 Å². The van der Waals surface area contributed by atoms with E-state index in [0.29, 0.717) is 15.4 Å². The molecule has 0 saturated heterocycles. The van der Waals surface area contributed by atoms with Crippen LogP contribution in [0.5, 0.6) is 0 Å². The van der Waals surface area contributed by atoms with Gasteiger partial charge in [-0.05, 0) is 32.5 Å². The number of oxazole rings is 1. The number of aryl methyl sites for hydroxylation is 3. The minimum absolute atomic E-state index is 0.379. The van der Waals surface area contributed by atoms with E-state index in [1.165, 1.54) is 11.8 Å². The van der Waals surface area contributed by atoms with Crippen LogP contribution in [0.25, 0.3) is 0 Å². The SMILES string of the molecule is Cc1coc(Sc2nc(C)c(C)nc2Cl)n1. The highest BCUT2D eigenvalue weighted by atomic mass is 35.5. The summed E-state index contributed by atoms with van der Waals surface area (Å²) in [5.41, 5.74) is 2.52. The number of nitrogens with zero attached hydrogens (tertiary/aromatic N) is 3. The quantitative estimate of drug-likeness (QED) is 0.825. The summed E-state index contributed by atoms with van der Waals surface area (Å²) in [5, 5.41) is 1.52. The molecular weight excluding hydrogens is 246 g/mol.